The van der Waals surface area contributed by atoms with E-state index in [9.17, 15) is 0 Å². The number of ether oxygens (including phenoxy) is 1. The highest BCUT2D eigenvalue weighted by Crippen LogP contribution is 2.19. The normalized spacial score (nSPS) is 22.5. The summed E-state index contributed by atoms with van der Waals surface area (Å²) in [4.78, 5) is 0. The topological polar surface area (TPSA) is 9.23 Å². The van der Waals surface area contributed by atoms with Gasteiger partial charge in [0.2, 0.25) is 0 Å². The van der Waals surface area contributed by atoms with Gasteiger partial charge in [-0.2, -0.15) is 0 Å². The lowest BCUT2D eigenvalue weighted by Crippen LogP contribution is -2.10. The van der Waals surface area contributed by atoms with E-state index in [1.165, 1.54) is 38.5 Å². The maximum atomic E-state index is 5.56. The monoisotopic (exact) mass is 142 g/mol. The maximum Gasteiger partial charge on any atom is 0.0575 e. The average molecular weight is 142 g/mol. The summed E-state index contributed by atoms with van der Waals surface area (Å²) in [6, 6.07) is 0. The zero-order valence-electron chi connectivity index (χ0n) is 6.94. The smallest absolute Gasteiger partial charge is 0.0575 e. The first-order valence-corrected chi connectivity index (χ1v) is 4.55. The van der Waals surface area contributed by atoms with E-state index in [1.807, 2.05) is 0 Å². The Balaban J connectivity index is 2.15. The van der Waals surface area contributed by atoms with Crippen LogP contribution in [0.5, 0.6) is 0 Å². The van der Waals surface area contributed by atoms with Gasteiger partial charge < -0.3 is 4.74 Å². The van der Waals surface area contributed by atoms with E-state index in [2.05, 4.69) is 6.92 Å². The summed E-state index contributed by atoms with van der Waals surface area (Å²) in [5.41, 5.74) is 0. The molecule has 0 amide bonds. The summed E-state index contributed by atoms with van der Waals surface area (Å²) in [6.07, 6.45) is 8.79. The van der Waals surface area contributed by atoms with Gasteiger partial charge >= 0.3 is 0 Å². The zero-order valence-corrected chi connectivity index (χ0v) is 6.94. The molecule has 1 rings (SSSR count). The molecular formula is C9H18O. The molecule has 0 bridgehead atoms. The second-order valence-electron chi connectivity index (χ2n) is 3.07. The number of rotatable bonds is 2. The minimum absolute atomic E-state index is 0.590. The van der Waals surface area contributed by atoms with Crippen molar-refractivity contribution in [3.63, 3.8) is 0 Å². The van der Waals surface area contributed by atoms with Gasteiger partial charge in [-0.05, 0) is 19.8 Å². The van der Waals surface area contributed by atoms with Crippen LogP contribution in [0.4, 0.5) is 0 Å². The van der Waals surface area contributed by atoms with Crippen LogP contribution < -0.4 is 0 Å². The largest absolute Gasteiger partial charge is 0.379 e. The van der Waals surface area contributed by atoms with Gasteiger partial charge in [0.1, 0.15) is 0 Å². The van der Waals surface area contributed by atoms with Crippen LogP contribution in [0.15, 0.2) is 0 Å². The third-order valence-electron chi connectivity index (χ3n) is 2.20. The zero-order chi connectivity index (χ0) is 7.23. The summed E-state index contributed by atoms with van der Waals surface area (Å²) in [5.74, 6) is 0. The number of hydrogen-bond donors (Lipinski definition) is 0. The summed E-state index contributed by atoms with van der Waals surface area (Å²) in [5, 5.41) is 0. The first-order chi connectivity index (χ1) is 4.93. The minimum atomic E-state index is 0.590. The van der Waals surface area contributed by atoms with Crippen molar-refractivity contribution in [3.05, 3.63) is 0 Å². The molecule has 10 heavy (non-hydrogen) atoms. The molecule has 0 unspecified atom stereocenters. The predicted molar refractivity (Wildman–Crippen MR) is 43.1 cm³/mol. The summed E-state index contributed by atoms with van der Waals surface area (Å²) in [6.45, 7) is 2.98. The van der Waals surface area contributed by atoms with Crippen molar-refractivity contribution >= 4 is 0 Å². The van der Waals surface area contributed by atoms with Gasteiger partial charge in [0.15, 0.2) is 0 Å². The average Bonchev–Trinajstić information content (AvgIpc) is 2.17. The molecule has 0 aromatic carbocycles. The molecule has 0 radical (unpaired) electrons. The molecule has 0 spiro atoms. The Morgan fingerprint density at radius 3 is 2.20 bits per heavy atom. The highest BCUT2D eigenvalue weighted by atomic mass is 16.5. The van der Waals surface area contributed by atoms with Gasteiger partial charge in [-0.25, -0.2) is 0 Å². The van der Waals surface area contributed by atoms with E-state index >= 15 is 0 Å². The van der Waals surface area contributed by atoms with E-state index in [0.29, 0.717) is 6.10 Å². The third kappa shape index (κ3) is 2.70. The molecule has 0 aromatic rings. The van der Waals surface area contributed by atoms with Crippen molar-refractivity contribution in [1.29, 1.82) is 0 Å². The molecule has 0 aromatic heterocycles. The molecule has 0 atom stereocenters. The Hall–Kier alpha value is -0.0400. The molecule has 1 heteroatoms. The van der Waals surface area contributed by atoms with Crippen LogP contribution in [-0.2, 0) is 4.74 Å². The Morgan fingerprint density at radius 2 is 1.70 bits per heavy atom. The van der Waals surface area contributed by atoms with Crippen LogP contribution in [0.2, 0.25) is 0 Å². The van der Waals surface area contributed by atoms with Crippen molar-refractivity contribution in [1.82, 2.24) is 0 Å². The van der Waals surface area contributed by atoms with E-state index in [0.717, 1.165) is 6.61 Å². The van der Waals surface area contributed by atoms with Gasteiger partial charge in [-0.1, -0.05) is 25.7 Å². The van der Waals surface area contributed by atoms with Crippen LogP contribution in [0.3, 0.4) is 0 Å². The standard InChI is InChI=1S/C9H18O/c1-2-10-9-7-5-3-4-6-8-9/h9H,2-8H2,1H3. The van der Waals surface area contributed by atoms with Gasteiger partial charge in [0.05, 0.1) is 6.10 Å². The molecular weight excluding hydrogens is 124 g/mol. The molecule has 1 aliphatic carbocycles. The second kappa shape index (κ2) is 4.73. The predicted octanol–water partition coefficient (Wildman–Crippen LogP) is 2.75. The Morgan fingerprint density at radius 1 is 1.10 bits per heavy atom. The van der Waals surface area contributed by atoms with E-state index < -0.39 is 0 Å². The van der Waals surface area contributed by atoms with Crippen molar-refractivity contribution in [2.75, 3.05) is 6.61 Å². The first-order valence-electron chi connectivity index (χ1n) is 4.55. The summed E-state index contributed by atoms with van der Waals surface area (Å²) >= 11 is 0. The lowest BCUT2D eigenvalue weighted by Gasteiger charge is -2.12. The van der Waals surface area contributed by atoms with Crippen LogP contribution >= 0.6 is 0 Å². The lowest BCUT2D eigenvalue weighted by molar-refractivity contribution is 0.0525. The molecule has 60 valence electrons. The van der Waals surface area contributed by atoms with Crippen molar-refractivity contribution in [3.8, 4) is 0 Å². The fourth-order valence-corrected chi connectivity index (χ4v) is 1.64. The quantitative estimate of drug-likeness (QED) is 0.539. The molecule has 0 N–H and O–H groups in total. The Bertz CT molecular complexity index is 72.8. The minimum Gasteiger partial charge on any atom is -0.379 e. The highest BCUT2D eigenvalue weighted by molar-refractivity contribution is 4.63. The lowest BCUT2D eigenvalue weighted by atomic mass is 10.2. The molecule has 0 saturated heterocycles. The van der Waals surface area contributed by atoms with Gasteiger partial charge in [-0.15, -0.1) is 0 Å². The van der Waals surface area contributed by atoms with Crippen LogP contribution in [0, 0.1) is 0 Å². The fourth-order valence-electron chi connectivity index (χ4n) is 1.64. The molecule has 0 heterocycles. The molecule has 1 nitrogen and oxygen atoms in total. The van der Waals surface area contributed by atoms with E-state index in [-0.39, 0.29) is 0 Å². The Kier molecular flexibility index (Phi) is 3.81. The van der Waals surface area contributed by atoms with Crippen LogP contribution in [0.1, 0.15) is 45.4 Å². The third-order valence-corrected chi connectivity index (χ3v) is 2.20. The van der Waals surface area contributed by atoms with Crippen LogP contribution in [-0.4, -0.2) is 12.7 Å². The molecule has 1 saturated carbocycles. The SMILES string of the molecule is CCOC1CCCCCC1. The van der Waals surface area contributed by atoms with E-state index in [4.69, 9.17) is 4.74 Å². The highest BCUT2D eigenvalue weighted by Gasteiger charge is 2.10. The van der Waals surface area contributed by atoms with Crippen molar-refractivity contribution < 1.29 is 4.74 Å². The molecule has 0 aliphatic heterocycles. The number of hydrogen-bond acceptors (Lipinski definition) is 1. The van der Waals surface area contributed by atoms with Crippen molar-refractivity contribution in [2.24, 2.45) is 0 Å². The van der Waals surface area contributed by atoms with Gasteiger partial charge in [0, 0.05) is 6.61 Å². The summed E-state index contributed by atoms with van der Waals surface area (Å²) < 4.78 is 5.56. The fraction of sp³-hybridized carbons (Fsp3) is 1.00. The molecule has 1 aliphatic rings. The first kappa shape index (κ1) is 8.06. The van der Waals surface area contributed by atoms with Gasteiger partial charge in [0.25, 0.3) is 0 Å². The van der Waals surface area contributed by atoms with Crippen molar-refractivity contribution in [2.45, 2.75) is 51.6 Å². The van der Waals surface area contributed by atoms with E-state index in [1.54, 1.807) is 0 Å². The van der Waals surface area contributed by atoms with Gasteiger partial charge in [-0.3, -0.25) is 0 Å². The summed E-state index contributed by atoms with van der Waals surface area (Å²) in [7, 11) is 0. The maximum absolute atomic E-state index is 5.56. The Labute approximate surface area is 63.8 Å². The van der Waals surface area contributed by atoms with Crippen LogP contribution in [0.25, 0.3) is 0 Å². The molecule has 1 fully saturated rings. The second-order valence-corrected chi connectivity index (χ2v) is 3.07.